The summed E-state index contributed by atoms with van der Waals surface area (Å²) in [5.41, 5.74) is 9.70. The third-order valence-corrected chi connectivity index (χ3v) is 11.7. The Morgan fingerprint density at radius 1 is 0.455 bits per heavy atom. The molecular formula is C50H31N3OS. The van der Waals surface area contributed by atoms with Crippen LogP contribution in [0.25, 0.3) is 86.8 Å². The van der Waals surface area contributed by atoms with Gasteiger partial charge in [-0.05, 0) is 53.9 Å². The lowest BCUT2D eigenvalue weighted by Gasteiger charge is -2.26. The van der Waals surface area contributed by atoms with E-state index in [1.807, 2.05) is 35.6 Å². The molecule has 3 heterocycles. The first-order chi connectivity index (χ1) is 27.3. The van der Waals surface area contributed by atoms with Crippen molar-refractivity contribution in [1.82, 2.24) is 9.97 Å². The fourth-order valence-corrected chi connectivity index (χ4v) is 9.19. The summed E-state index contributed by atoms with van der Waals surface area (Å²) in [7, 11) is 0. The fraction of sp³-hybridized carbons (Fsp3) is 0. The number of rotatable bonds is 6. The van der Waals surface area contributed by atoms with E-state index in [2.05, 4.69) is 169 Å². The minimum Gasteiger partial charge on any atom is -0.455 e. The number of benzene rings is 8. The van der Waals surface area contributed by atoms with Gasteiger partial charge in [-0.1, -0.05) is 140 Å². The van der Waals surface area contributed by atoms with Crippen LogP contribution in [0.3, 0.4) is 0 Å². The number of hydrogen-bond donors (Lipinski definition) is 0. The van der Waals surface area contributed by atoms with Gasteiger partial charge in [0.1, 0.15) is 11.2 Å². The Morgan fingerprint density at radius 2 is 1.07 bits per heavy atom. The molecule has 258 valence electrons. The average molecular weight is 722 g/mol. The van der Waals surface area contributed by atoms with Crippen molar-refractivity contribution >= 4 is 81.3 Å². The van der Waals surface area contributed by atoms with Crippen molar-refractivity contribution in [1.29, 1.82) is 0 Å². The molecule has 3 aromatic heterocycles. The van der Waals surface area contributed by atoms with Crippen molar-refractivity contribution in [3.05, 3.63) is 188 Å². The molecule has 11 rings (SSSR count). The third-order valence-electron chi connectivity index (χ3n) is 10.5. The summed E-state index contributed by atoms with van der Waals surface area (Å²) in [6.07, 6.45) is 0. The largest absolute Gasteiger partial charge is 0.455 e. The summed E-state index contributed by atoms with van der Waals surface area (Å²) >= 11 is 1.84. The number of aromatic nitrogens is 2. The summed E-state index contributed by atoms with van der Waals surface area (Å²) in [6, 6.07) is 65.9. The predicted octanol–water partition coefficient (Wildman–Crippen LogP) is 14.4. The molecule has 0 bridgehead atoms. The van der Waals surface area contributed by atoms with Gasteiger partial charge in [0.2, 0.25) is 0 Å². The average Bonchev–Trinajstić information content (AvgIpc) is 3.84. The smallest absolute Gasteiger partial charge is 0.160 e. The Balaban J connectivity index is 1.21. The molecule has 0 saturated heterocycles. The first-order valence-electron chi connectivity index (χ1n) is 18.4. The van der Waals surface area contributed by atoms with E-state index in [0.717, 1.165) is 77.9 Å². The molecule has 0 aliphatic carbocycles. The maximum Gasteiger partial charge on any atom is 0.160 e. The van der Waals surface area contributed by atoms with Gasteiger partial charge in [-0.2, -0.15) is 0 Å². The lowest BCUT2D eigenvalue weighted by Crippen LogP contribution is -2.10. The van der Waals surface area contributed by atoms with E-state index in [-0.39, 0.29) is 0 Å². The Labute approximate surface area is 321 Å². The number of para-hydroxylation sites is 1. The monoisotopic (exact) mass is 721 g/mol. The maximum atomic E-state index is 6.88. The van der Waals surface area contributed by atoms with Crippen LogP contribution >= 0.6 is 11.3 Å². The van der Waals surface area contributed by atoms with Crippen LogP contribution in [0.2, 0.25) is 0 Å². The zero-order chi connectivity index (χ0) is 36.3. The number of thiophene rings is 1. The second-order valence-electron chi connectivity index (χ2n) is 13.7. The minimum absolute atomic E-state index is 0.686. The number of hydrogen-bond acceptors (Lipinski definition) is 5. The second kappa shape index (κ2) is 12.8. The van der Waals surface area contributed by atoms with E-state index in [0.29, 0.717) is 5.82 Å². The molecule has 0 N–H and O–H groups in total. The van der Waals surface area contributed by atoms with E-state index in [1.165, 1.54) is 20.2 Å². The molecule has 8 aromatic carbocycles. The summed E-state index contributed by atoms with van der Waals surface area (Å²) in [5.74, 6) is 0.686. The van der Waals surface area contributed by atoms with Crippen molar-refractivity contribution in [2.45, 2.75) is 0 Å². The van der Waals surface area contributed by atoms with Crippen molar-refractivity contribution < 1.29 is 4.42 Å². The Bertz CT molecular complexity index is 3150. The summed E-state index contributed by atoms with van der Waals surface area (Å²) in [6.45, 7) is 0. The van der Waals surface area contributed by atoms with Gasteiger partial charge in [-0.25, -0.2) is 9.97 Å². The number of fused-ring (bicyclic) bond motifs is 8. The van der Waals surface area contributed by atoms with E-state index in [9.17, 15) is 0 Å². The lowest BCUT2D eigenvalue weighted by molar-refractivity contribution is 0.672. The van der Waals surface area contributed by atoms with E-state index < -0.39 is 0 Å². The van der Waals surface area contributed by atoms with Gasteiger partial charge in [0.25, 0.3) is 0 Å². The second-order valence-corrected chi connectivity index (χ2v) is 14.8. The quantitative estimate of drug-likeness (QED) is 0.171. The van der Waals surface area contributed by atoms with Gasteiger partial charge >= 0.3 is 0 Å². The predicted molar refractivity (Wildman–Crippen MR) is 231 cm³/mol. The van der Waals surface area contributed by atoms with Gasteiger partial charge in [0.05, 0.1) is 32.8 Å². The zero-order valence-electron chi connectivity index (χ0n) is 29.6. The van der Waals surface area contributed by atoms with Crippen LogP contribution in [0.5, 0.6) is 0 Å². The highest BCUT2D eigenvalue weighted by Crippen LogP contribution is 2.49. The number of furan rings is 1. The van der Waals surface area contributed by atoms with Crippen LogP contribution in [0.15, 0.2) is 192 Å². The SMILES string of the molecule is c1ccc(-c2cc(-c3cc4c(oc5cccc(N(c6ccccc6)c6cccc7c6sc6ccccc67)c54)c4ccccc34)nc(-c3ccccc3)n2)cc1. The van der Waals surface area contributed by atoms with Gasteiger partial charge in [-0.3, -0.25) is 0 Å². The topological polar surface area (TPSA) is 42.2 Å². The van der Waals surface area contributed by atoms with Crippen LogP contribution in [-0.4, -0.2) is 9.97 Å². The van der Waals surface area contributed by atoms with Crippen LogP contribution in [0, 0.1) is 0 Å². The van der Waals surface area contributed by atoms with Crippen LogP contribution in [-0.2, 0) is 0 Å². The molecule has 0 aliphatic heterocycles. The van der Waals surface area contributed by atoms with Gasteiger partial charge in [0.15, 0.2) is 5.82 Å². The third kappa shape index (κ3) is 5.20. The molecule has 0 atom stereocenters. The molecule has 0 fully saturated rings. The van der Waals surface area contributed by atoms with Crippen LogP contribution in [0.4, 0.5) is 17.1 Å². The standard InChI is InChI=1S/C50H31N3OS/c1-4-16-32(17-5-1)41-31-42(52-50(51-41)33-18-6-2-7-19-33)39-30-40-47-43(26-15-28-45(47)54-48(40)37-24-11-10-22-35(37)39)53(34-20-8-3-9-21-34)44-27-14-25-38-36-23-12-13-29-46(36)55-49(38)44/h1-31H. The first-order valence-corrected chi connectivity index (χ1v) is 19.2. The lowest BCUT2D eigenvalue weighted by atomic mass is 9.96. The fourth-order valence-electron chi connectivity index (χ4n) is 7.98. The Kier molecular flexibility index (Phi) is 7.32. The molecule has 0 amide bonds. The number of nitrogens with zero attached hydrogens (tertiary/aromatic N) is 3. The van der Waals surface area contributed by atoms with Crippen molar-refractivity contribution in [2.75, 3.05) is 4.90 Å². The molecular weight excluding hydrogens is 691 g/mol. The van der Waals surface area contributed by atoms with Gasteiger partial charge in [-0.15, -0.1) is 11.3 Å². The number of anilines is 3. The molecule has 0 radical (unpaired) electrons. The normalized spacial score (nSPS) is 11.6. The first kappa shape index (κ1) is 31.4. The summed E-state index contributed by atoms with van der Waals surface area (Å²) in [5, 5.41) is 6.72. The Hall–Kier alpha value is -7.08. The van der Waals surface area contributed by atoms with Crippen molar-refractivity contribution in [2.24, 2.45) is 0 Å². The molecule has 0 spiro atoms. The highest BCUT2D eigenvalue weighted by atomic mass is 32.1. The Morgan fingerprint density at radius 3 is 1.87 bits per heavy atom. The van der Waals surface area contributed by atoms with Gasteiger partial charge < -0.3 is 9.32 Å². The zero-order valence-corrected chi connectivity index (χ0v) is 30.4. The van der Waals surface area contributed by atoms with Crippen molar-refractivity contribution in [3.8, 4) is 33.9 Å². The molecule has 4 nitrogen and oxygen atoms in total. The highest BCUT2D eigenvalue weighted by molar-refractivity contribution is 7.26. The molecule has 11 aromatic rings. The summed E-state index contributed by atoms with van der Waals surface area (Å²) in [4.78, 5) is 12.8. The van der Waals surface area contributed by atoms with Crippen LogP contribution in [0.1, 0.15) is 0 Å². The van der Waals surface area contributed by atoms with Crippen molar-refractivity contribution in [3.63, 3.8) is 0 Å². The minimum atomic E-state index is 0.686. The van der Waals surface area contributed by atoms with E-state index >= 15 is 0 Å². The highest BCUT2D eigenvalue weighted by Gasteiger charge is 2.24. The van der Waals surface area contributed by atoms with E-state index in [1.54, 1.807) is 0 Å². The molecule has 0 aliphatic rings. The van der Waals surface area contributed by atoms with E-state index in [4.69, 9.17) is 14.4 Å². The maximum absolute atomic E-state index is 6.88. The molecule has 55 heavy (non-hydrogen) atoms. The molecule has 0 unspecified atom stereocenters. The molecule has 5 heteroatoms. The summed E-state index contributed by atoms with van der Waals surface area (Å²) < 4.78 is 9.40. The molecule has 0 saturated carbocycles. The van der Waals surface area contributed by atoms with Gasteiger partial charge in [0, 0.05) is 48.6 Å². The van der Waals surface area contributed by atoms with Crippen LogP contribution < -0.4 is 4.90 Å².